The molecule has 1 aromatic rings. The number of hydrogen-bond acceptors (Lipinski definition) is 3. The van der Waals surface area contributed by atoms with Gasteiger partial charge in [0.2, 0.25) is 11.8 Å². The van der Waals surface area contributed by atoms with E-state index in [4.69, 9.17) is 0 Å². The van der Waals surface area contributed by atoms with Gasteiger partial charge in [0.15, 0.2) is 0 Å². The van der Waals surface area contributed by atoms with Gasteiger partial charge in [0.05, 0.1) is 0 Å². The van der Waals surface area contributed by atoms with Crippen LogP contribution in [0, 0.1) is 0 Å². The molecule has 1 aliphatic rings. The predicted molar refractivity (Wildman–Crippen MR) is 98.2 cm³/mol. The molecule has 2 amide bonds. The number of halogens is 1. The predicted octanol–water partition coefficient (Wildman–Crippen LogP) is 2.28. The highest BCUT2D eigenvalue weighted by Crippen LogP contribution is 2.25. The Morgan fingerprint density at radius 2 is 1.92 bits per heavy atom. The molecule has 1 saturated heterocycles. The van der Waals surface area contributed by atoms with Crippen molar-refractivity contribution in [3.05, 3.63) is 35.9 Å². The molecule has 1 aromatic carbocycles. The number of nitrogens with one attached hydrogen (secondary N) is 2. The molecule has 0 aromatic heterocycles. The zero-order valence-electron chi connectivity index (χ0n) is 14.3. The Balaban J connectivity index is 0.00000288. The first-order valence-electron chi connectivity index (χ1n) is 8.57. The third-order valence-corrected chi connectivity index (χ3v) is 4.06. The maximum atomic E-state index is 12.7. The minimum absolute atomic E-state index is 0. The Bertz CT molecular complexity index is 510. The normalized spacial score (nSPS) is 15.5. The van der Waals surface area contributed by atoms with Crippen LogP contribution in [-0.2, 0) is 9.59 Å². The fourth-order valence-electron chi connectivity index (χ4n) is 2.88. The SMILES string of the molecule is CCCNCCNC(=O)C(c1ccccc1)N1CCCCC1=O.Cl. The highest BCUT2D eigenvalue weighted by atomic mass is 35.5. The summed E-state index contributed by atoms with van der Waals surface area (Å²) >= 11 is 0. The lowest BCUT2D eigenvalue weighted by atomic mass is 10.0. The van der Waals surface area contributed by atoms with Crippen molar-refractivity contribution in [2.75, 3.05) is 26.2 Å². The number of hydrogen-bond donors (Lipinski definition) is 2. The average molecular weight is 354 g/mol. The van der Waals surface area contributed by atoms with Gasteiger partial charge < -0.3 is 15.5 Å². The van der Waals surface area contributed by atoms with Crippen LogP contribution in [0.5, 0.6) is 0 Å². The molecule has 1 unspecified atom stereocenters. The molecule has 0 aliphatic carbocycles. The van der Waals surface area contributed by atoms with Gasteiger partial charge in [-0.15, -0.1) is 12.4 Å². The Kier molecular flexibility index (Phi) is 9.42. The second kappa shape index (κ2) is 11.0. The van der Waals surface area contributed by atoms with E-state index in [1.165, 1.54) is 0 Å². The Morgan fingerprint density at radius 3 is 2.58 bits per heavy atom. The number of likely N-dealkylation sites (tertiary alicyclic amines) is 1. The van der Waals surface area contributed by atoms with E-state index in [1.807, 2.05) is 30.3 Å². The standard InChI is InChI=1S/C18H27N3O2.ClH/c1-2-11-19-12-13-20-18(23)17(15-8-4-3-5-9-15)21-14-7-6-10-16(21)22;/h3-5,8-9,17,19H,2,6-7,10-14H2,1H3,(H,20,23);1H. The summed E-state index contributed by atoms with van der Waals surface area (Å²) in [6.45, 7) is 5.03. The Hall–Kier alpha value is -1.59. The topological polar surface area (TPSA) is 61.4 Å². The van der Waals surface area contributed by atoms with Gasteiger partial charge in [-0.2, -0.15) is 0 Å². The van der Waals surface area contributed by atoms with Gasteiger partial charge in [-0.1, -0.05) is 37.3 Å². The van der Waals surface area contributed by atoms with Crippen LogP contribution in [-0.4, -0.2) is 42.9 Å². The van der Waals surface area contributed by atoms with Crippen LogP contribution < -0.4 is 10.6 Å². The van der Waals surface area contributed by atoms with Crippen molar-refractivity contribution >= 4 is 24.2 Å². The third-order valence-electron chi connectivity index (χ3n) is 4.06. The summed E-state index contributed by atoms with van der Waals surface area (Å²) in [6.07, 6.45) is 3.48. The van der Waals surface area contributed by atoms with Crippen molar-refractivity contribution in [3.8, 4) is 0 Å². The van der Waals surface area contributed by atoms with Crippen LogP contribution in [0.3, 0.4) is 0 Å². The summed E-state index contributed by atoms with van der Waals surface area (Å²) in [5.74, 6) is -0.0193. The van der Waals surface area contributed by atoms with Crippen LogP contribution in [0.25, 0.3) is 0 Å². The van der Waals surface area contributed by atoms with Crippen molar-refractivity contribution in [3.63, 3.8) is 0 Å². The van der Waals surface area contributed by atoms with Crippen molar-refractivity contribution in [2.45, 2.75) is 38.6 Å². The van der Waals surface area contributed by atoms with E-state index in [-0.39, 0.29) is 24.2 Å². The summed E-state index contributed by atoms with van der Waals surface area (Å²) < 4.78 is 0. The molecule has 1 atom stereocenters. The van der Waals surface area contributed by atoms with Gasteiger partial charge in [0.25, 0.3) is 0 Å². The highest BCUT2D eigenvalue weighted by molar-refractivity contribution is 5.89. The van der Waals surface area contributed by atoms with Crippen molar-refractivity contribution < 1.29 is 9.59 Å². The number of rotatable bonds is 8. The lowest BCUT2D eigenvalue weighted by Crippen LogP contribution is -2.46. The first-order valence-corrected chi connectivity index (χ1v) is 8.57. The minimum Gasteiger partial charge on any atom is -0.353 e. The van der Waals surface area contributed by atoms with Crippen LogP contribution >= 0.6 is 12.4 Å². The summed E-state index contributed by atoms with van der Waals surface area (Å²) in [6, 6.07) is 9.06. The molecule has 2 rings (SSSR count). The molecular weight excluding hydrogens is 326 g/mol. The number of piperidine rings is 1. The fourth-order valence-corrected chi connectivity index (χ4v) is 2.88. The van der Waals surface area contributed by atoms with Gasteiger partial charge in [0, 0.05) is 26.1 Å². The molecule has 1 fully saturated rings. The number of carbonyl (C=O) groups excluding carboxylic acids is 2. The Labute approximate surface area is 150 Å². The quantitative estimate of drug-likeness (QED) is 0.705. The molecule has 0 saturated carbocycles. The summed E-state index contributed by atoms with van der Waals surface area (Å²) in [7, 11) is 0. The number of benzene rings is 1. The van der Waals surface area contributed by atoms with E-state index in [9.17, 15) is 9.59 Å². The monoisotopic (exact) mass is 353 g/mol. The third kappa shape index (κ3) is 5.80. The van der Waals surface area contributed by atoms with E-state index in [0.717, 1.165) is 37.9 Å². The second-order valence-corrected chi connectivity index (χ2v) is 5.90. The van der Waals surface area contributed by atoms with Gasteiger partial charge >= 0.3 is 0 Å². The molecular formula is C18H28ClN3O2. The lowest BCUT2D eigenvalue weighted by molar-refractivity contribution is -0.142. The molecule has 134 valence electrons. The molecule has 24 heavy (non-hydrogen) atoms. The zero-order chi connectivity index (χ0) is 16.5. The molecule has 6 heteroatoms. The molecule has 1 aliphatic heterocycles. The molecule has 5 nitrogen and oxygen atoms in total. The van der Waals surface area contributed by atoms with Crippen LogP contribution in [0.4, 0.5) is 0 Å². The maximum Gasteiger partial charge on any atom is 0.247 e. The first-order chi connectivity index (χ1) is 11.2. The lowest BCUT2D eigenvalue weighted by Gasteiger charge is -2.34. The van der Waals surface area contributed by atoms with E-state index < -0.39 is 6.04 Å². The van der Waals surface area contributed by atoms with Crippen molar-refractivity contribution in [1.82, 2.24) is 15.5 Å². The maximum absolute atomic E-state index is 12.7. The smallest absolute Gasteiger partial charge is 0.247 e. The van der Waals surface area contributed by atoms with Crippen LogP contribution in [0.15, 0.2) is 30.3 Å². The van der Waals surface area contributed by atoms with E-state index >= 15 is 0 Å². The highest BCUT2D eigenvalue weighted by Gasteiger charge is 2.32. The van der Waals surface area contributed by atoms with Crippen LogP contribution in [0.1, 0.15) is 44.2 Å². The van der Waals surface area contributed by atoms with E-state index in [1.54, 1.807) is 4.90 Å². The molecule has 0 radical (unpaired) electrons. The van der Waals surface area contributed by atoms with Crippen LogP contribution in [0.2, 0.25) is 0 Å². The van der Waals surface area contributed by atoms with E-state index in [0.29, 0.717) is 19.5 Å². The van der Waals surface area contributed by atoms with E-state index in [2.05, 4.69) is 17.6 Å². The number of amides is 2. The number of nitrogens with zero attached hydrogens (tertiary/aromatic N) is 1. The number of carbonyl (C=O) groups is 2. The minimum atomic E-state index is -0.518. The Morgan fingerprint density at radius 1 is 1.17 bits per heavy atom. The fraction of sp³-hybridized carbons (Fsp3) is 0.556. The summed E-state index contributed by atoms with van der Waals surface area (Å²) in [5.41, 5.74) is 0.877. The summed E-state index contributed by atoms with van der Waals surface area (Å²) in [5, 5.41) is 6.22. The van der Waals surface area contributed by atoms with Gasteiger partial charge in [-0.05, 0) is 31.4 Å². The van der Waals surface area contributed by atoms with Gasteiger partial charge in [-0.25, -0.2) is 0 Å². The first kappa shape index (κ1) is 20.5. The second-order valence-electron chi connectivity index (χ2n) is 5.90. The molecule has 2 N–H and O–H groups in total. The zero-order valence-corrected chi connectivity index (χ0v) is 15.1. The van der Waals surface area contributed by atoms with Crippen molar-refractivity contribution in [2.24, 2.45) is 0 Å². The molecule has 0 bridgehead atoms. The summed E-state index contributed by atoms with van der Waals surface area (Å²) in [4.78, 5) is 26.7. The molecule has 0 spiro atoms. The molecule has 1 heterocycles. The average Bonchev–Trinajstić information content (AvgIpc) is 2.58. The largest absolute Gasteiger partial charge is 0.353 e. The van der Waals surface area contributed by atoms with Crippen molar-refractivity contribution in [1.29, 1.82) is 0 Å². The van der Waals surface area contributed by atoms with Gasteiger partial charge in [0.1, 0.15) is 6.04 Å². The van der Waals surface area contributed by atoms with Gasteiger partial charge in [-0.3, -0.25) is 9.59 Å².